The third kappa shape index (κ3) is 4.21. The number of aromatic nitrogens is 2. The summed E-state index contributed by atoms with van der Waals surface area (Å²) in [5.74, 6) is 0.409. The summed E-state index contributed by atoms with van der Waals surface area (Å²) in [5.41, 5.74) is 4.82. The number of nitrogens with zero attached hydrogens (tertiary/aromatic N) is 3. The topological polar surface area (TPSA) is 38.1 Å². The van der Waals surface area contributed by atoms with Gasteiger partial charge in [0.05, 0.1) is 16.9 Å². The van der Waals surface area contributed by atoms with Crippen molar-refractivity contribution in [1.29, 1.82) is 0 Å². The molecule has 0 saturated carbocycles. The van der Waals surface area contributed by atoms with Crippen LogP contribution >= 0.6 is 0 Å². The average molecular weight is 464 g/mol. The van der Waals surface area contributed by atoms with Crippen LogP contribution in [-0.4, -0.2) is 16.6 Å². The van der Waals surface area contributed by atoms with E-state index in [1.807, 2.05) is 97.7 Å². The number of halogens is 1. The van der Waals surface area contributed by atoms with E-state index in [0.717, 1.165) is 22.5 Å². The first-order valence-electron chi connectivity index (χ1n) is 11.6. The number of hydrogen-bond acceptors (Lipinski definition) is 3. The molecule has 5 heteroatoms. The summed E-state index contributed by atoms with van der Waals surface area (Å²) in [4.78, 5) is 20.8. The number of anilines is 2. The minimum absolute atomic E-state index is 0.101. The van der Waals surface area contributed by atoms with Gasteiger partial charge in [0.1, 0.15) is 11.6 Å². The van der Waals surface area contributed by atoms with Gasteiger partial charge in [-0.3, -0.25) is 9.36 Å². The van der Waals surface area contributed by atoms with Gasteiger partial charge in [-0.05, 0) is 66.9 Å². The highest BCUT2D eigenvalue weighted by Gasteiger charge is 2.21. The van der Waals surface area contributed by atoms with Gasteiger partial charge >= 0.3 is 0 Å². The average Bonchev–Trinajstić information content (AvgIpc) is 2.88. The van der Waals surface area contributed by atoms with Crippen molar-refractivity contribution in [3.05, 3.63) is 136 Å². The number of hydrogen-bond donors (Lipinski definition) is 0. The normalized spacial score (nSPS) is 11.2. The van der Waals surface area contributed by atoms with Crippen LogP contribution in [0.25, 0.3) is 10.9 Å². The van der Waals surface area contributed by atoms with Crippen LogP contribution in [0.1, 0.15) is 28.6 Å². The van der Waals surface area contributed by atoms with Crippen LogP contribution in [0.5, 0.6) is 0 Å². The molecular weight excluding hydrogens is 437 g/mol. The maximum absolute atomic E-state index is 14.0. The highest BCUT2D eigenvalue weighted by molar-refractivity contribution is 5.83. The molecule has 35 heavy (non-hydrogen) atoms. The summed E-state index contributed by atoms with van der Waals surface area (Å²) in [7, 11) is 1.91. The Morgan fingerprint density at radius 3 is 1.97 bits per heavy atom. The standard InChI is InChI=1S/C30H26FN3O/c1-20-18-24(14-16-27(20)31)33(3)25-15-17-28-26(19-25)30(35)34(21(2)32-28)29(22-10-6-4-7-11-22)23-12-8-5-9-13-23/h4-19,29H,1-3H3. The molecule has 1 heterocycles. The second-order valence-electron chi connectivity index (χ2n) is 8.75. The summed E-state index contributed by atoms with van der Waals surface area (Å²) in [6, 6.07) is 30.4. The van der Waals surface area contributed by atoms with Gasteiger partial charge in [0.2, 0.25) is 0 Å². The molecular formula is C30H26FN3O. The first-order valence-corrected chi connectivity index (χ1v) is 11.6. The Morgan fingerprint density at radius 2 is 1.37 bits per heavy atom. The first-order chi connectivity index (χ1) is 16.9. The Labute approximate surface area is 203 Å². The fourth-order valence-corrected chi connectivity index (χ4v) is 4.56. The van der Waals surface area contributed by atoms with E-state index in [9.17, 15) is 9.18 Å². The third-order valence-corrected chi connectivity index (χ3v) is 6.47. The molecule has 4 aromatic carbocycles. The highest BCUT2D eigenvalue weighted by Crippen LogP contribution is 2.30. The van der Waals surface area contributed by atoms with E-state index in [1.54, 1.807) is 23.6 Å². The van der Waals surface area contributed by atoms with Crippen molar-refractivity contribution >= 4 is 22.3 Å². The molecule has 174 valence electrons. The number of aryl methyl sites for hydroxylation is 2. The summed E-state index contributed by atoms with van der Waals surface area (Å²) in [6.07, 6.45) is 0. The van der Waals surface area contributed by atoms with E-state index >= 15 is 0 Å². The lowest BCUT2D eigenvalue weighted by atomic mass is 9.98. The van der Waals surface area contributed by atoms with E-state index < -0.39 is 0 Å². The lowest BCUT2D eigenvalue weighted by molar-refractivity contribution is 0.618. The Hall–Kier alpha value is -4.25. The fraction of sp³-hybridized carbons (Fsp3) is 0.133. The molecule has 1 aromatic heterocycles. The molecule has 0 unspecified atom stereocenters. The van der Waals surface area contributed by atoms with Gasteiger partial charge in [-0.2, -0.15) is 0 Å². The monoisotopic (exact) mass is 463 g/mol. The zero-order valence-electron chi connectivity index (χ0n) is 19.9. The fourth-order valence-electron chi connectivity index (χ4n) is 4.56. The van der Waals surface area contributed by atoms with Gasteiger partial charge in [-0.1, -0.05) is 60.7 Å². The highest BCUT2D eigenvalue weighted by atomic mass is 19.1. The van der Waals surface area contributed by atoms with Crippen molar-refractivity contribution < 1.29 is 4.39 Å². The predicted molar refractivity (Wildman–Crippen MR) is 140 cm³/mol. The van der Waals surface area contributed by atoms with Gasteiger partial charge < -0.3 is 4.90 Å². The smallest absolute Gasteiger partial charge is 0.262 e. The largest absolute Gasteiger partial charge is 0.345 e. The zero-order chi connectivity index (χ0) is 24.5. The van der Waals surface area contributed by atoms with Crippen LogP contribution in [0.3, 0.4) is 0 Å². The van der Waals surface area contributed by atoms with Gasteiger partial charge in [-0.15, -0.1) is 0 Å². The lowest BCUT2D eigenvalue weighted by Crippen LogP contribution is -2.29. The number of benzene rings is 4. The lowest BCUT2D eigenvalue weighted by Gasteiger charge is -2.24. The Morgan fingerprint density at radius 1 is 0.800 bits per heavy atom. The molecule has 0 atom stereocenters. The van der Waals surface area contributed by atoms with Crippen LogP contribution in [0, 0.1) is 19.7 Å². The van der Waals surface area contributed by atoms with E-state index in [1.165, 1.54) is 6.07 Å². The SMILES string of the molecule is Cc1cc(N(C)c2ccc3nc(C)n(C(c4ccccc4)c4ccccc4)c(=O)c3c2)ccc1F. The number of rotatable bonds is 5. The Balaban J connectivity index is 1.69. The van der Waals surface area contributed by atoms with Crippen molar-refractivity contribution in [2.45, 2.75) is 19.9 Å². The molecule has 0 spiro atoms. The molecule has 5 aromatic rings. The molecule has 0 aliphatic rings. The minimum atomic E-state index is -0.303. The van der Waals surface area contributed by atoms with E-state index in [-0.39, 0.29) is 17.4 Å². The van der Waals surface area contributed by atoms with E-state index in [4.69, 9.17) is 4.98 Å². The molecule has 0 aliphatic carbocycles. The van der Waals surface area contributed by atoms with Crippen LogP contribution in [-0.2, 0) is 0 Å². The first kappa shape index (κ1) is 22.5. The molecule has 5 rings (SSSR count). The van der Waals surface area contributed by atoms with Crippen LogP contribution < -0.4 is 10.5 Å². The van der Waals surface area contributed by atoms with Crippen molar-refractivity contribution in [1.82, 2.24) is 9.55 Å². The van der Waals surface area contributed by atoms with Gasteiger partial charge in [0.15, 0.2) is 0 Å². The molecule has 0 amide bonds. The van der Waals surface area contributed by atoms with Crippen LogP contribution in [0.15, 0.2) is 102 Å². The number of fused-ring (bicyclic) bond motifs is 1. The Bertz CT molecular complexity index is 1520. The van der Waals surface area contributed by atoms with Crippen molar-refractivity contribution in [2.24, 2.45) is 0 Å². The van der Waals surface area contributed by atoms with Crippen molar-refractivity contribution in [3.8, 4) is 0 Å². The summed E-state index contributed by atoms with van der Waals surface area (Å²) < 4.78 is 15.6. The third-order valence-electron chi connectivity index (χ3n) is 6.47. The molecule has 0 fully saturated rings. The molecule has 0 N–H and O–H groups in total. The Kier molecular flexibility index (Phi) is 5.91. The van der Waals surface area contributed by atoms with Gasteiger partial charge in [0, 0.05) is 18.4 Å². The van der Waals surface area contributed by atoms with E-state index in [0.29, 0.717) is 22.3 Å². The van der Waals surface area contributed by atoms with Crippen LogP contribution in [0.2, 0.25) is 0 Å². The van der Waals surface area contributed by atoms with Crippen molar-refractivity contribution in [2.75, 3.05) is 11.9 Å². The summed E-state index contributed by atoms with van der Waals surface area (Å²) in [6.45, 7) is 3.62. The van der Waals surface area contributed by atoms with E-state index in [2.05, 4.69) is 0 Å². The molecule has 0 radical (unpaired) electrons. The maximum atomic E-state index is 14.0. The van der Waals surface area contributed by atoms with Gasteiger partial charge in [0.25, 0.3) is 5.56 Å². The van der Waals surface area contributed by atoms with Crippen molar-refractivity contribution in [3.63, 3.8) is 0 Å². The second-order valence-corrected chi connectivity index (χ2v) is 8.75. The summed E-state index contributed by atoms with van der Waals surface area (Å²) in [5, 5.41) is 0.538. The molecule has 0 aliphatic heterocycles. The van der Waals surface area contributed by atoms with Gasteiger partial charge in [-0.25, -0.2) is 9.37 Å². The quantitative estimate of drug-likeness (QED) is 0.296. The summed E-state index contributed by atoms with van der Waals surface area (Å²) >= 11 is 0. The maximum Gasteiger partial charge on any atom is 0.262 e. The molecule has 0 bridgehead atoms. The van der Waals surface area contributed by atoms with Crippen LogP contribution in [0.4, 0.5) is 15.8 Å². The minimum Gasteiger partial charge on any atom is -0.345 e. The predicted octanol–water partition coefficient (Wildman–Crippen LogP) is 6.56. The molecule has 4 nitrogen and oxygen atoms in total. The zero-order valence-corrected chi connectivity index (χ0v) is 19.9. The second kappa shape index (κ2) is 9.18. The molecule has 0 saturated heterocycles.